The van der Waals surface area contributed by atoms with E-state index < -0.39 is 0 Å². The van der Waals surface area contributed by atoms with Crippen molar-refractivity contribution in [2.45, 2.75) is 57.5 Å². The zero-order valence-corrected chi connectivity index (χ0v) is 13.9. The standard InChI is InChI=1S/C17H25N3OS/c18-9-16-19-15(10-22-16)17(21)20-5-1-2-14(20)8-13-7-11-3-4-12(13)6-11/h10-14H,1-9,18H2. The summed E-state index contributed by atoms with van der Waals surface area (Å²) in [5, 5.41) is 2.73. The SMILES string of the molecule is NCc1nc(C(=O)N2CCCC2CC2CC3CCC2C3)cs1. The minimum Gasteiger partial charge on any atom is -0.334 e. The average molecular weight is 319 g/mol. The van der Waals surface area contributed by atoms with Gasteiger partial charge >= 0.3 is 0 Å². The summed E-state index contributed by atoms with van der Waals surface area (Å²) in [7, 11) is 0. The third-order valence-electron chi connectivity index (χ3n) is 6.04. The van der Waals surface area contributed by atoms with E-state index in [-0.39, 0.29) is 5.91 Å². The van der Waals surface area contributed by atoms with Crippen molar-refractivity contribution in [3.63, 3.8) is 0 Å². The first kappa shape index (κ1) is 14.6. The number of nitrogens with zero attached hydrogens (tertiary/aromatic N) is 2. The van der Waals surface area contributed by atoms with E-state index in [1.165, 1.54) is 49.9 Å². The van der Waals surface area contributed by atoms with Crippen LogP contribution in [-0.4, -0.2) is 28.4 Å². The lowest BCUT2D eigenvalue weighted by Crippen LogP contribution is -2.37. The molecule has 22 heavy (non-hydrogen) atoms. The van der Waals surface area contributed by atoms with Gasteiger partial charge in [-0.05, 0) is 56.3 Å². The van der Waals surface area contributed by atoms with Gasteiger partial charge in [0.05, 0.1) is 0 Å². The van der Waals surface area contributed by atoms with Crippen molar-refractivity contribution in [3.8, 4) is 0 Å². The first-order chi connectivity index (χ1) is 10.7. The van der Waals surface area contributed by atoms with Crippen LogP contribution in [0, 0.1) is 17.8 Å². The van der Waals surface area contributed by atoms with E-state index in [0.29, 0.717) is 18.3 Å². The van der Waals surface area contributed by atoms with E-state index in [2.05, 4.69) is 9.88 Å². The Morgan fingerprint density at radius 3 is 2.95 bits per heavy atom. The fourth-order valence-electron chi connectivity index (χ4n) is 5.01. The number of aromatic nitrogens is 1. The van der Waals surface area contributed by atoms with E-state index in [9.17, 15) is 4.79 Å². The Morgan fingerprint density at radius 1 is 1.36 bits per heavy atom. The zero-order valence-electron chi connectivity index (χ0n) is 13.0. The monoisotopic (exact) mass is 319 g/mol. The summed E-state index contributed by atoms with van der Waals surface area (Å²) in [5.74, 6) is 2.94. The lowest BCUT2D eigenvalue weighted by atomic mass is 9.83. The second-order valence-electron chi connectivity index (χ2n) is 7.30. The highest BCUT2D eigenvalue weighted by molar-refractivity contribution is 7.09. The van der Waals surface area contributed by atoms with Crippen molar-refractivity contribution in [3.05, 3.63) is 16.1 Å². The summed E-state index contributed by atoms with van der Waals surface area (Å²) in [5.41, 5.74) is 6.21. The Morgan fingerprint density at radius 2 is 2.27 bits per heavy atom. The molecule has 2 aliphatic carbocycles. The molecule has 2 N–H and O–H groups in total. The maximum Gasteiger partial charge on any atom is 0.273 e. The topological polar surface area (TPSA) is 59.2 Å². The molecule has 120 valence electrons. The van der Waals surface area contributed by atoms with Crippen LogP contribution < -0.4 is 5.73 Å². The normalized spacial score (nSPS) is 33.8. The predicted molar refractivity (Wildman–Crippen MR) is 87.6 cm³/mol. The van der Waals surface area contributed by atoms with Crippen LogP contribution in [0.2, 0.25) is 0 Å². The van der Waals surface area contributed by atoms with Gasteiger partial charge in [-0.25, -0.2) is 4.98 Å². The van der Waals surface area contributed by atoms with Gasteiger partial charge in [0.25, 0.3) is 5.91 Å². The van der Waals surface area contributed by atoms with Crippen LogP contribution in [-0.2, 0) is 6.54 Å². The first-order valence-corrected chi connectivity index (χ1v) is 9.58. The number of nitrogens with two attached hydrogens (primary N) is 1. The Kier molecular flexibility index (Phi) is 3.95. The molecule has 3 fully saturated rings. The van der Waals surface area contributed by atoms with Crippen LogP contribution in [0.25, 0.3) is 0 Å². The maximum absolute atomic E-state index is 12.7. The fraction of sp³-hybridized carbons (Fsp3) is 0.765. The molecule has 0 spiro atoms. The van der Waals surface area contributed by atoms with Crippen molar-refractivity contribution in [2.24, 2.45) is 23.5 Å². The summed E-state index contributed by atoms with van der Waals surface area (Å²) in [4.78, 5) is 19.2. The van der Waals surface area contributed by atoms with Crippen molar-refractivity contribution >= 4 is 17.2 Å². The number of fused-ring (bicyclic) bond motifs is 2. The first-order valence-electron chi connectivity index (χ1n) is 8.70. The molecule has 5 heteroatoms. The van der Waals surface area contributed by atoms with Crippen LogP contribution >= 0.6 is 11.3 Å². The Hall–Kier alpha value is -0.940. The Balaban J connectivity index is 1.43. The lowest BCUT2D eigenvalue weighted by molar-refractivity contribution is 0.0702. The van der Waals surface area contributed by atoms with Gasteiger partial charge in [0.2, 0.25) is 0 Å². The van der Waals surface area contributed by atoms with E-state index >= 15 is 0 Å². The highest BCUT2D eigenvalue weighted by atomic mass is 32.1. The van der Waals surface area contributed by atoms with Crippen LogP contribution in [0.15, 0.2) is 5.38 Å². The van der Waals surface area contributed by atoms with Crippen LogP contribution in [0.3, 0.4) is 0 Å². The molecule has 1 aliphatic heterocycles. The number of likely N-dealkylation sites (tertiary alicyclic amines) is 1. The van der Waals surface area contributed by atoms with Crippen LogP contribution in [0.1, 0.15) is 60.4 Å². The molecule has 1 amide bonds. The van der Waals surface area contributed by atoms with Crippen LogP contribution in [0.5, 0.6) is 0 Å². The molecule has 4 rings (SSSR count). The number of amides is 1. The van der Waals surface area contributed by atoms with E-state index in [1.807, 2.05) is 5.38 Å². The highest BCUT2D eigenvalue weighted by Gasteiger charge is 2.42. The number of rotatable bonds is 4. The summed E-state index contributed by atoms with van der Waals surface area (Å²) >= 11 is 1.50. The summed E-state index contributed by atoms with van der Waals surface area (Å²) in [6.07, 6.45) is 9.30. The van der Waals surface area contributed by atoms with Gasteiger partial charge < -0.3 is 10.6 Å². The van der Waals surface area contributed by atoms with Crippen molar-refractivity contribution < 1.29 is 4.79 Å². The van der Waals surface area contributed by atoms with Gasteiger partial charge in [0, 0.05) is 24.5 Å². The number of hydrogen-bond donors (Lipinski definition) is 1. The quantitative estimate of drug-likeness (QED) is 0.928. The molecule has 3 aliphatic rings. The molecule has 4 nitrogen and oxygen atoms in total. The predicted octanol–water partition coefficient (Wildman–Crippen LogP) is 3.03. The molecular formula is C17H25N3OS. The van der Waals surface area contributed by atoms with Gasteiger partial charge in [-0.3, -0.25) is 4.79 Å². The maximum atomic E-state index is 12.7. The lowest BCUT2D eigenvalue weighted by Gasteiger charge is -2.30. The fourth-order valence-corrected chi connectivity index (χ4v) is 5.66. The molecule has 0 aromatic carbocycles. The Labute approximate surface area is 136 Å². The number of carbonyl (C=O) groups excluding carboxylic acids is 1. The van der Waals surface area contributed by atoms with Gasteiger partial charge in [0.15, 0.2) is 0 Å². The summed E-state index contributed by atoms with van der Waals surface area (Å²) < 4.78 is 0. The van der Waals surface area contributed by atoms with E-state index in [0.717, 1.165) is 35.7 Å². The molecule has 1 aromatic heterocycles. The number of thiazole rings is 1. The van der Waals surface area contributed by atoms with Crippen molar-refractivity contribution in [2.75, 3.05) is 6.54 Å². The molecule has 4 atom stereocenters. The molecule has 0 radical (unpaired) electrons. The molecular weight excluding hydrogens is 294 g/mol. The molecule has 2 saturated carbocycles. The molecule has 2 heterocycles. The number of hydrogen-bond acceptors (Lipinski definition) is 4. The molecule has 1 saturated heterocycles. The summed E-state index contributed by atoms with van der Waals surface area (Å²) in [6, 6.07) is 0.444. The van der Waals surface area contributed by atoms with E-state index in [1.54, 1.807) is 0 Å². The second kappa shape index (κ2) is 5.93. The van der Waals surface area contributed by atoms with Crippen LogP contribution in [0.4, 0.5) is 0 Å². The summed E-state index contributed by atoms with van der Waals surface area (Å²) in [6.45, 7) is 1.33. The van der Waals surface area contributed by atoms with Crippen molar-refractivity contribution in [1.29, 1.82) is 0 Å². The smallest absolute Gasteiger partial charge is 0.273 e. The minimum atomic E-state index is 0.126. The second-order valence-corrected chi connectivity index (χ2v) is 8.24. The largest absolute Gasteiger partial charge is 0.334 e. The van der Waals surface area contributed by atoms with Crippen molar-refractivity contribution in [1.82, 2.24) is 9.88 Å². The molecule has 2 bridgehead atoms. The number of carbonyl (C=O) groups is 1. The molecule has 4 unspecified atom stereocenters. The zero-order chi connectivity index (χ0) is 15.1. The van der Waals surface area contributed by atoms with Gasteiger partial charge in [-0.1, -0.05) is 6.42 Å². The highest BCUT2D eigenvalue weighted by Crippen LogP contribution is 2.50. The minimum absolute atomic E-state index is 0.126. The third kappa shape index (κ3) is 2.58. The van der Waals surface area contributed by atoms with Gasteiger partial charge in [-0.2, -0.15) is 0 Å². The Bertz CT molecular complexity index is 558. The van der Waals surface area contributed by atoms with Gasteiger partial charge in [-0.15, -0.1) is 11.3 Å². The third-order valence-corrected chi connectivity index (χ3v) is 6.91. The molecule has 1 aromatic rings. The average Bonchev–Trinajstić information content (AvgIpc) is 3.30. The van der Waals surface area contributed by atoms with Gasteiger partial charge in [0.1, 0.15) is 10.7 Å². The van der Waals surface area contributed by atoms with E-state index in [4.69, 9.17) is 5.73 Å².